The lowest BCUT2D eigenvalue weighted by Gasteiger charge is -2.08. The van der Waals surface area contributed by atoms with E-state index in [1.807, 2.05) is 0 Å². The van der Waals surface area contributed by atoms with Gasteiger partial charge in [0.2, 0.25) is 11.9 Å². The Morgan fingerprint density at radius 2 is 1.72 bits per heavy atom. The normalized spacial score (nSPS) is 11.3. The average molecular weight is 410 g/mol. The molecule has 0 spiro atoms. The Balaban J connectivity index is 1.64. The van der Waals surface area contributed by atoms with Crippen molar-refractivity contribution >= 4 is 33.6 Å². The number of rotatable bonds is 6. The maximum Gasteiger partial charge on any atom is 0.264 e. The molecule has 0 radical (unpaired) electrons. The summed E-state index contributed by atoms with van der Waals surface area (Å²) in [5, 5.41) is 11.9. The highest BCUT2D eigenvalue weighted by molar-refractivity contribution is 7.92. The van der Waals surface area contributed by atoms with Crippen LogP contribution in [0.3, 0.4) is 0 Å². The fourth-order valence-corrected chi connectivity index (χ4v) is 3.29. The van der Waals surface area contributed by atoms with Gasteiger partial charge < -0.3 is 10.4 Å². The van der Waals surface area contributed by atoms with Gasteiger partial charge in [0.25, 0.3) is 10.0 Å². The number of aromatic hydroxyl groups is 1. The van der Waals surface area contributed by atoms with Crippen molar-refractivity contribution in [3.63, 3.8) is 0 Å². The molecule has 1 amide bonds. The zero-order valence-electron chi connectivity index (χ0n) is 15.4. The molecule has 1 aromatic heterocycles. The van der Waals surface area contributed by atoms with Crippen LogP contribution in [0, 0.1) is 6.92 Å². The SMILES string of the molecule is Cc1ccnc(NS(=O)(=O)c2ccc(NC(=O)/C=C/c3ccc(O)cc3)cc2)n1. The molecule has 0 saturated heterocycles. The number of nitrogens with zero attached hydrogens (tertiary/aromatic N) is 2. The van der Waals surface area contributed by atoms with Gasteiger partial charge in [-0.05, 0) is 61.0 Å². The zero-order valence-corrected chi connectivity index (χ0v) is 16.2. The molecular weight excluding hydrogens is 392 g/mol. The van der Waals surface area contributed by atoms with Crippen molar-refractivity contribution in [2.45, 2.75) is 11.8 Å². The molecule has 0 aliphatic heterocycles. The maximum atomic E-state index is 12.4. The number of nitrogens with one attached hydrogen (secondary N) is 2. The summed E-state index contributed by atoms with van der Waals surface area (Å²) >= 11 is 0. The van der Waals surface area contributed by atoms with Crippen molar-refractivity contribution in [1.29, 1.82) is 0 Å². The topological polar surface area (TPSA) is 121 Å². The molecule has 148 valence electrons. The highest BCUT2D eigenvalue weighted by Crippen LogP contribution is 2.17. The minimum Gasteiger partial charge on any atom is -0.508 e. The Labute approximate surface area is 168 Å². The molecule has 1 heterocycles. The molecule has 8 nitrogen and oxygen atoms in total. The molecule has 3 aromatic rings. The molecule has 3 N–H and O–H groups in total. The average Bonchev–Trinajstić information content (AvgIpc) is 2.68. The van der Waals surface area contributed by atoms with E-state index in [4.69, 9.17) is 0 Å². The van der Waals surface area contributed by atoms with Crippen molar-refractivity contribution in [3.8, 4) is 5.75 Å². The van der Waals surface area contributed by atoms with Crippen LogP contribution in [0.2, 0.25) is 0 Å². The first-order valence-corrected chi connectivity index (χ1v) is 10.0. The van der Waals surface area contributed by atoms with E-state index in [0.717, 1.165) is 5.56 Å². The van der Waals surface area contributed by atoms with Crippen LogP contribution in [-0.2, 0) is 14.8 Å². The van der Waals surface area contributed by atoms with Crippen molar-refractivity contribution in [2.24, 2.45) is 0 Å². The van der Waals surface area contributed by atoms with Gasteiger partial charge >= 0.3 is 0 Å². The first-order valence-electron chi connectivity index (χ1n) is 8.52. The van der Waals surface area contributed by atoms with Crippen LogP contribution in [0.15, 0.2) is 71.8 Å². The van der Waals surface area contributed by atoms with E-state index in [-0.39, 0.29) is 22.5 Å². The van der Waals surface area contributed by atoms with Gasteiger partial charge in [-0.1, -0.05) is 12.1 Å². The Hall–Kier alpha value is -3.72. The van der Waals surface area contributed by atoms with E-state index >= 15 is 0 Å². The van der Waals surface area contributed by atoms with E-state index in [1.54, 1.807) is 31.2 Å². The van der Waals surface area contributed by atoms with Gasteiger partial charge in [-0.2, -0.15) is 0 Å². The summed E-state index contributed by atoms with van der Waals surface area (Å²) in [6.07, 6.45) is 4.40. The number of hydrogen-bond donors (Lipinski definition) is 3. The first kappa shape index (κ1) is 20.0. The second-order valence-corrected chi connectivity index (χ2v) is 7.75. The van der Waals surface area contributed by atoms with Crippen LogP contribution >= 0.6 is 0 Å². The fourth-order valence-electron chi connectivity index (χ4n) is 2.34. The second kappa shape index (κ2) is 8.53. The van der Waals surface area contributed by atoms with Crippen molar-refractivity contribution in [3.05, 3.63) is 78.1 Å². The number of benzene rings is 2. The van der Waals surface area contributed by atoms with Crippen LogP contribution in [0.25, 0.3) is 6.08 Å². The molecule has 2 aromatic carbocycles. The highest BCUT2D eigenvalue weighted by atomic mass is 32.2. The molecule has 3 rings (SSSR count). The number of hydrogen-bond acceptors (Lipinski definition) is 6. The Bertz CT molecular complexity index is 1140. The predicted octanol–water partition coefficient (Wildman–Crippen LogP) is 2.94. The largest absolute Gasteiger partial charge is 0.508 e. The third-order valence-electron chi connectivity index (χ3n) is 3.77. The van der Waals surface area contributed by atoms with E-state index in [0.29, 0.717) is 11.4 Å². The Kier molecular flexibility index (Phi) is 5.89. The van der Waals surface area contributed by atoms with E-state index in [9.17, 15) is 18.3 Å². The van der Waals surface area contributed by atoms with E-state index in [2.05, 4.69) is 20.0 Å². The third-order valence-corrected chi connectivity index (χ3v) is 5.12. The zero-order chi connectivity index (χ0) is 20.9. The predicted molar refractivity (Wildman–Crippen MR) is 110 cm³/mol. The fraction of sp³-hybridized carbons (Fsp3) is 0.0500. The first-order chi connectivity index (χ1) is 13.8. The van der Waals surface area contributed by atoms with Crippen LogP contribution < -0.4 is 10.0 Å². The quantitative estimate of drug-likeness (QED) is 0.537. The van der Waals surface area contributed by atoms with Gasteiger partial charge in [0, 0.05) is 23.7 Å². The number of phenolic OH excluding ortho intramolecular Hbond substituents is 1. The second-order valence-electron chi connectivity index (χ2n) is 6.07. The smallest absolute Gasteiger partial charge is 0.264 e. The van der Waals surface area contributed by atoms with Gasteiger partial charge in [-0.3, -0.25) is 4.79 Å². The number of phenols is 1. The van der Waals surface area contributed by atoms with Crippen molar-refractivity contribution in [2.75, 3.05) is 10.0 Å². The van der Waals surface area contributed by atoms with Gasteiger partial charge in [-0.25, -0.2) is 23.1 Å². The van der Waals surface area contributed by atoms with Crippen LogP contribution in [0.5, 0.6) is 5.75 Å². The minimum absolute atomic E-state index is 0.0123. The molecule has 0 atom stereocenters. The van der Waals surface area contributed by atoms with Crippen molar-refractivity contribution in [1.82, 2.24) is 9.97 Å². The molecular formula is C20H18N4O4S. The van der Waals surface area contributed by atoms with Gasteiger partial charge in [0.1, 0.15) is 5.75 Å². The van der Waals surface area contributed by atoms with Crippen LogP contribution in [0.1, 0.15) is 11.3 Å². The number of carbonyl (C=O) groups excluding carboxylic acids is 1. The van der Waals surface area contributed by atoms with Crippen LogP contribution in [0.4, 0.5) is 11.6 Å². The van der Waals surface area contributed by atoms with Gasteiger partial charge in [0.05, 0.1) is 4.90 Å². The molecule has 0 fully saturated rings. The number of amides is 1. The number of carbonyl (C=O) groups is 1. The van der Waals surface area contributed by atoms with E-state index < -0.39 is 10.0 Å². The summed E-state index contributed by atoms with van der Waals surface area (Å²) in [5.74, 6) is -0.244. The molecule has 29 heavy (non-hydrogen) atoms. The van der Waals surface area contributed by atoms with Crippen LogP contribution in [-0.4, -0.2) is 29.4 Å². The Morgan fingerprint density at radius 1 is 1.03 bits per heavy atom. The maximum absolute atomic E-state index is 12.4. The molecule has 0 aliphatic carbocycles. The molecule has 0 unspecified atom stereocenters. The number of anilines is 2. The summed E-state index contributed by atoms with van der Waals surface area (Å²) in [6, 6.07) is 13.8. The molecule has 0 bridgehead atoms. The summed E-state index contributed by atoms with van der Waals surface area (Å²) < 4.78 is 27.2. The highest BCUT2D eigenvalue weighted by Gasteiger charge is 2.15. The third kappa shape index (κ3) is 5.63. The molecule has 0 saturated carbocycles. The molecule has 0 aliphatic rings. The lowest BCUT2D eigenvalue weighted by molar-refractivity contribution is -0.111. The lowest BCUT2D eigenvalue weighted by atomic mass is 10.2. The minimum atomic E-state index is -3.85. The van der Waals surface area contributed by atoms with Crippen molar-refractivity contribution < 1.29 is 18.3 Å². The number of aromatic nitrogens is 2. The summed E-state index contributed by atoms with van der Waals surface area (Å²) in [7, 11) is -3.85. The van der Waals surface area contributed by atoms with Gasteiger partial charge in [0.15, 0.2) is 0 Å². The monoisotopic (exact) mass is 410 g/mol. The Morgan fingerprint density at radius 3 is 2.38 bits per heavy atom. The standard InChI is InChI=1S/C20H18N4O4S/c1-14-12-13-21-20(22-14)24-29(27,28)18-9-5-16(6-10-18)23-19(26)11-4-15-2-7-17(25)8-3-15/h2-13,25H,1H3,(H,23,26)(H,21,22,24)/b11-4+. The summed E-state index contributed by atoms with van der Waals surface area (Å²) in [4.78, 5) is 19.9. The summed E-state index contributed by atoms with van der Waals surface area (Å²) in [6.45, 7) is 1.73. The van der Waals surface area contributed by atoms with E-state index in [1.165, 1.54) is 48.7 Å². The lowest BCUT2D eigenvalue weighted by Crippen LogP contribution is -2.15. The summed E-state index contributed by atoms with van der Waals surface area (Å²) in [5.41, 5.74) is 1.83. The number of aryl methyl sites for hydroxylation is 1. The number of sulfonamides is 1. The van der Waals surface area contributed by atoms with Gasteiger partial charge in [-0.15, -0.1) is 0 Å². The molecule has 9 heteroatoms.